The number of aliphatic carboxylic acids is 1. The highest BCUT2D eigenvalue weighted by Gasteiger charge is 2.34. The summed E-state index contributed by atoms with van der Waals surface area (Å²) in [5.41, 5.74) is -0.263. The lowest BCUT2D eigenvalue weighted by Crippen LogP contribution is -2.48. The molecule has 0 radical (unpaired) electrons. The summed E-state index contributed by atoms with van der Waals surface area (Å²) >= 11 is 0. The Balaban J connectivity index is 2.52. The topological polar surface area (TPSA) is 78.4 Å². The van der Waals surface area contributed by atoms with Gasteiger partial charge in [0.2, 0.25) is 0 Å². The average molecular weight is 298 g/mol. The van der Waals surface area contributed by atoms with Crippen LogP contribution < -0.4 is 10.6 Å². The first kappa shape index (κ1) is 17.8. The van der Waals surface area contributed by atoms with E-state index < -0.39 is 5.97 Å². The fourth-order valence-electron chi connectivity index (χ4n) is 3.27. The monoisotopic (exact) mass is 298 g/mol. The van der Waals surface area contributed by atoms with Crippen molar-refractivity contribution in [2.75, 3.05) is 6.54 Å². The molecular weight excluding hydrogens is 268 g/mol. The van der Waals surface area contributed by atoms with E-state index >= 15 is 0 Å². The zero-order valence-corrected chi connectivity index (χ0v) is 13.6. The van der Waals surface area contributed by atoms with Gasteiger partial charge in [0.25, 0.3) is 0 Å². The van der Waals surface area contributed by atoms with Gasteiger partial charge in [-0.05, 0) is 30.6 Å². The van der Waals surface area contributed by atoms with Crippen molar-refractivity contribution in [3.05, 3.63) is 0 Å². The van der Waals surface area contributed by atoms with Crippen molar-refractivity contribution in [1.29, 1.82) is 0 Å². The Hall–Kier alpha value is -1.26. The van der Waals surface area contributed by atoms with Gasteiger partial charge in [0.15, 0.2) is 0 Å². The maximum Gasteiger partial charge on any atom is 0.315 e. The molecule has 0 spiro atoms. The maximum absolute atomic E-state index is 12.0. The molecule has 122 valence electrons. The smallest absolute Gasteiger partial charge is 0.315 e. The lowest BCUT2D eigenvalue weighted by Gasteiger charge is -2.36. The molecule has 0 aliphatic heterocycles. The molecule has 3 N–H and O–H groups in total. The number of urea groups is 1. The molecule has 2 amide bonds. The van der Waals surface area contributed by atoms with E-state index in [-0.39, 0.29) is 23.9 Å². The highest BCUT2D eigenvalue weighted by molar-refractivity contribution is 5.74. The van der Waals surface area contributed by atoms with Crippen molar-refractivity contribution >= 4 is 12.0 Å². The van der Waals surface area contributed by atoms with Gasteiger partial charge in [-0.15, -0.1) is 0 Å². The molecule has 1 unspecified atom stereocenters. The third kappa shape index (κ3) is 5.94. The minimum atomic E-state index is -0.771. The van der Waals surface area contributed by atoms with Gasteiger partial charge in [-0.1, -0.05) is 40.0 Å². The van der Waals surface area contributed by atoms with Crippen LogP contribution in [0, 0.1) is 11.3 Å². The van der Waals surface area contributed by atoms with E-state index in [0.717, 1.165) is 32.1 Å². The highest BCUT2D eigenvalue weighted by atomic mass is 16.4. The first-order valence-electron chi connectivity index (χ1n) is 8.15. The summed E-state index contributed by atoms with van der Waals surface area (Å²) in [6.07, 6.45) is 6.10. The zero-order chi connectivity index (χ0) is 15.9. The molecule has 5 heteroatoms. The number of nitrogens with one attached hydrogen (secondary N) is 2. The summed E-state index contributed by atoms with van der Waals surface area (Å²) in [6, 6.07) is -0.0160. The Morgan fingerprint density at radius 3 is 2.29 bits per heavy atom. The summed E-state index contributed by atoms with van der Waals surface area (Å²) in [6.45, 7) is 6.68. The molecule has 0 heterocycles. The molecule has 1 rings (SSSR count). The molecule has 0 saturated heterocycles. The van der Waals surface area contributed by atoms with Crippen molar-refractivity contribution in [3.8, 4) is 0 Å². The Morgan fingerprint density at radius 1 is 1.19 bits per heavy atom. The number of carbonyl (C=O) groups is 2. The molecule has 0 aromatic carbocycles. The lowest BCUT2D eigenvalue weighted by molar-refractivity contribution is -0.140. The largest absolute Gasteiger partial charge is 0.481 e. The Kier molecular flexibility index (Phi) is 6.99. The number of amides is 2. The van der Waals surface area contributed by atoms with Crippen LogP contribution in [0.25, 0.3) is 0 Å². The number of carboxylic acid groups (broad SMARTS) is 1. The van der Waals surface area contributed by atoms with Gasteiger partial charge >= 0.3 is 12.0 Å². The van der Waals surface area contributed by atoms with Crippen molar-refractivity contribution in [1.82, 2.24) is 10.6 Å². The van der Waals surface area contributed by atoms with Crippen molar-refractivity contribution < 1.29 is 14.7 Å². The molecule has 5 nitrogen and oxygen atoms in total. The normalized spacial score (nSPS) is 19.0. The summed E-state index contributed by atoms with van der Waals surface area (Å²) in [5.74, 6) is -0.379. The second-order valence-corrected chi connectivity index (χ2v) is 6.72. The molecule has 1 saturated carbocycles. The Labute approximate surface area is 127 Å². The van der Waals surface area contributed by atoms with Gasteiger partial charge in [-0.25, -0.2) is 4.79 Å². The van der Waals surface area contributed by atoms with Gasteiger partial charge in [-0.2, -0.15) is 0 Å². The summed E-state index contributed by atoms with van der Waals surface area (Å²) in [7, 11) is 0. The fraction of sp³-hybridized carbons (Fsp3) is 0.875. The van der Waals surface area contributed by atoms with E-state index in [1.54, 1.807) is 0 Å². The van der Waals surface area contributed by atoms with E-state index in [0.29, 0.717) is 12.5 Å². The summed E-state index contributed by atoms with van der Waals surface area (Å²) in [5, 5.41) is 15.0. The Morgan fingerprint density at radius 2 is 1.81 bits per heavy atom. The standard InChI is InChI=1S/C16H30N2O3/c1-4-13(12(2)3)18-15(21)17-11-16(10-14(19)20)8-6-5-7-9-16/h12-13H,4-11H2,1-3H3,(H,19,20)(H2,17,18,21). The molecule has 21 heavy (non-hydrogen) atoms. The van der Waals surface area contributed by atoms with Gasteiger partial charge in [0.05, 0.1) is 6.42 Å². The van der Waals surface area contributed by atoms with E-state index in [1.807, 2.05) is 0 Å². The minimum absolute atomic E-state index is 0.147. The third-order valence-corrected chi connectivity index (χ3v) is 4.63. The Bertz CT molecular complexity index is 349. The average Bonchev–Trinajstić information content (AvgIpc) is 2.42. The highest BCUT2D eigenvalue weighted by Crippen LogP contribution is 2.38. The van der Waals surface area contributed by atoms with Crippen LogP contribution in [0.4, 0.5) is 4.79 Å². The van der Waals surface area contributed by atoms with Gasteiger partial charge in [-0.3, -0.25) is 4.79 Å². The van der Waals surface area contributed by atoms with Gasteiger partial charge in [0, 0.05) is 12.6 Å². The number of hydrogen-bond acceptors (Lipinski definition) is 2. The van der Waals surface area contributed by atoms with Crippen molar-refractivity contribution in [3.63, 3.8) is 0 Å². The second-order valence-electron chi connectivity index (χ2n) is 6.72. The molecule has 1 aliphatic carbocycles. The number of hydrogen-bond donors (Lipinski definition) is 3. The lowest BCUT2D eigenvalue weighted by atomic mass is 9.72. The first-order chi connectivity index (χ1) is 9.88. The number of carbonyl (C=O) groups excluding carboxylic acids is 1. The molecule has 1 fully saturated rings. The van der Waals surface area contributed by atoms with Crippen LogP contribution in [0.1, 0.15) is 65.7 Å². The van der Waals surface area contributed by atoms with Crippen LogP contribution >= 0.6 is 0 Å². The van der Waals surface area contributed by atoms with E-state index in [1.165, 1.54) is 6.42 Å². The third-order valence-electron chi connectivity index (χ3n) is 4.63. The molecule has 0 aromatic heterocycles. The van der Waals surface area contributed by atoms with Crippen LogP contribution in [0.3, 0.4) is 0 Å². The van der Waals surface area contributed by atoms with E-state index in [2.05, 4.69) is 31.4 Å². The zero-order valence-electron chi connectivity index (χ0n) is 13.6. The van der Waals surface area contributed by atoms with E-state index in [4.69, 9.17) is 5.11 Å². The molecule has 1 aliphatic rings. The van der Waals surface area contributed by atoms with Gasteiger partial charge < -0.3 is 15.7 Å². The van der Waals surface area contributed by atoms with Gasteiger partial charge in [0.1, 0.15) is 0 Å². The van der Waals surface area contributed by atoms with Crippen LogP contribution in [0.5, 0.6) is 0 Å². The number of carboxylic acids is 1. The van der Waals surface area contributed by atoms with E-state index in [9.17, 15) is 9.59 Å². The molecular formula is C16H30N2O3. The predicted octanol–water partition coefficient (Wildman–Crippen LogP) is 3.15. The fourth-order valence-corrected chi connectivity index (χ4v) is 3.27. The molecule has 1 atom stereocenters. The molecule has 0 bridgehead atoms. The first-order valence-corrected chi connectivity index (χ1v) is 8.15. The van der Waals surface area contributed by atoms with Crippen LogP contribution in [-0.4, -0.2) is 29.7 Å². The van der Waals surface area contributed by atoms with Crippen LogP contribution in [0.2, 0.25) is 0 Å². The van der Waals surface area contributed by atoms with Crippen LogP contribution in [-0.2, 0) is 4.79 Å². The quantitative estimate of drug-likeness (QED) is 0.675. The molecule has 0 aromatic rings. The second kappa shape index (κ2) is 8.25. The summed E-state index contributed by atoms with van der Waals surface area (Å²) < 4.78 is 0. The maximum atomic E-state index is 12.0. The number of rotatable bonds is 7. The van der Waals surface area contributed by atoms with Crippen molar-refractivity contribution in [2.24, 2.45) is 11.3 Å². The minimum Gasteiger partial charge on any atom is -0.481 e. The summed E-state index contributed by atoms with van der Waals surface area (Å²) in [4.78, 5) is 23.1. The van der Waals surface area contributed by atoms with Crippen molar-refractivity contribution in [2.45, 2.75) is 71.8 Å². The SMILES string of the molecule is CCC(NC(=O)NCC1(CC(=O)O)CCCCC1)C(C)C. The van der Waals surface area contributed by atoms with Crippen LogP contribution in [0.15, 0.2) is 0 Å². The predicted molar refractivity (Wildman–Crippen MR) is 83.2 cm³/mol.